The number of likely N-dealkylation sites (tertiary alicyclic amines) is 1. The second-order valence-corrected chi connectivity index (χ2v) is 9.43. The van der Waals surface area contributed by atoms with Gasteiger partial charge in [-0.2, -0.15) is 5.10 Å². The van der Waals surface area contributed by atoms with E-state index < -0.39 is 5.24 Å². The van der Waals surface area contributed by atoms with Gasteiger partial charge in [0.2, 0.25) is 5.95 Å². The molecule has 0 saturated carbocycles. The van der Waals surface area contributed by atoms with Crippen LogP contribution in [-0.2, 0) is 9.97 Å². The molecular formula is C22H24B3ClN6O. The molecule has 2 aliphatic rings. The van der Waals surface area contributed by atoms with Crippen molar-refractivity contribution in [3.8, 4) is 0 Å². The van der Waals surface area contributed by atoms with Crippen molar-refractivity contribution in [2.75, 3.05) is 31.6 Å². The molecular weight excluding hydrogens is 432 g/mol. The number of nitrogens with one attached hydrogen (secondary N) is 1. The van der Waals surface area contributed by atoms with Gasteiger partial charge in [-0.3, -0.25) is 9.58 Å². The number of piperidine rings is 1. The summed E-state index contributed by atoms with van der Waals surface area (Å²) in [6.07, 6.45) is 6.66. The largest absolute Gasteiger partial charge is 0.380 e. The van der Waals surface area contributed by atoms with Gasteiger partial charge in [0, 0.05) is 29.3 Å². The number of fused-ring (bicyclic) bond motifs is 1. The van der Waals surface area contributed by atoms with Gasteiger partial charge in [-0.1, -0.05) is 11.6 Å². The molecule has 7 nitrogen and oxygen atoms in total. The first-order valence-electron chi connectivity index (χ1n) is 11.3. The summed E-state index contributed by atoms with van der Waals surface area (Å²) in [4.78, 5) is 11.7. The average molecular weight is 456 g/mol. The molecule has 1 aromatic carbocycles. The molecule has 2 saturated heterocycles. The molecule has 3 aromatic rings. The van der Waals surface area contributed by atoms with E-state index in [0.29, 0.717) is 29.3 Å². The zero-order valence-electron chi connectivity index (χ0n) is 18.7. The quantitative estimate of drug-likeness (QED) is 0.596. The molecule has 1 N–H and O–H groups in total. The van der Waals surface area contributed by atoms with Crippen molar-refractivity contribution in [1.29, 1.82) is 0 Å². The lowest BCUT2D eigenvalue weighted by atomic mass is 9.49. The van der Waals surface area contributed by atoms with Crippen LogP contribution in [0.15, 0.2) is 24.5 Å². The fraction of sp³-hybridized carbons (Fsp3) is 0.500. The van der Waals surface area contributed by atoms with Crippen molar-refractivity contribution in [3.05, 3.63) is 40.8 Å². The maximum absolute atomic E-state index is 6.68. The highest BCUT2D eigenvalue weighted by Gasteiger charge is 2.29. The maximum Gasteiger partial charge on any atom is 0.227 e. The number of anilines is 2. The fourth-order valence-corrected chi connectivity index (χ4v) is 5.20. The Hall–Kier alpha value is -2.03. The van der Waals surface area contributed by atoms with Crippen LogP contribution in [-0.4, -0.2) is 80.5 Å². The number of hydrogen-bond donors (Lipinski definition) is 1. The molecule has 2 aliphatic heterocycles. The van der Waals surface area contributed by atoms with E-state index in [1.165, 1.54) is 4.68 Å². The highest BCUT2D eigenvalue weighted by atomic mass is 35.5. The summed E-state index contributed by atoms with van der Waals surface area (Å²) >= 11 is 6.68. The molecule has 0 bridgehead atoms. The number of benzene rings is 1. The zero-order chi connectivity index (χ0) is 23.2. The summed E-state index contributed by atoms with van der Waals surface area (Å²) in [6, 6.07) is 4.63. The molecule has 11 heteroatoms. The minimum absolute atomic E-state index is 0.416. The molecule has 164 valence electrons. The number of aromatic nitrogens is 4. The maximum atomic E-state index is 6.68. The Morgan fingerprint density at radius 2 is 1.94 bits per heavy atom. The lowest BCUT2D eigenvalue weighted by Crippen LogP contribution is -2.41. The van der Waals surface area contributed by atoms with Crippen LogP contribution in [0, 0.1) is 6.92 Å². The van der Waals surface area contributed by atoms with Crippen LogP contribution in [0.2, 0.25) is 5.02 Å². The van der Waals surface area contributed by atoms with Gasteiger partial charge in [-0.05, 0) is 68.1 Å². The molecule has 4 heterocycles. The molecule has 5 rings (SSSR count). The van der Waals surface area contributed by atoms with Crippen molar-refractivity contribution in [2.24, 2.45) is 0 Å². The molecule has 2 aromatic heterocycles. The predicted octanol–water partition coefficient (Wildman–Crippen LogP) is 2.57. The first kappa shape index (κ1) is 22.8. The summed E-state index contributed by atoms with van der Waals surface area (Å²) in [5, 5.41) is 7.43. The van der Waals surface area contributed by atoms with Gasteiger partial charge in [-0.15, -0.1) is 0 Å². The Kier molecular flexibility index (Phi) is 6.18. The van der Waals surface area contributed by atoms with Gasteiger partial charge in [0.05, 0.1) is 53.2 Å². The highest BCUT2D eigenvalue weighted by Crippen LogP contribution is 2.36. The van der Waals surface area contributed by atoms with Crippen LogP contribution < -0.4 is 5.32 Å². The molecule has 0 amide bonds. The highest BCUT2D eigenvalue weighted by molar-refractivity contribution is 6.56. The van der Waals surface area contributed by atoms with Gasteiger partial charge in [0.25, 0.3) is 0 Å². The van der Waals surface area contributed by atoms with E-state index in [0.717, 1.165) is 67.1 Å². The predicted molar refractivity (Wildman–Crippen MR) is 133 cm³/mol. The van der Waals surface area contributed by atoms with Gasteiger partial charge < -0.3 is 10.1 Å². The van der Waals surface area contributed by atoms with Gasteiger partial charge >= 0.3 is 0 Å². The number of halogens is 1. The molecule has 1 atom stereocenters. The van der Waals surface area contributed by atoms with Crippen LogP contribution in [0.4, 0.5) is 11.6 Å². The van der Waals surface area contributed by atoms with Crippen molar-refractivity contribution >= 4 is 57.7 Å². The van der Waals surface area contributed by atoms with Crippen LogP contribution in [0.3, 0.4) is 0 Å². The molecule has 6 radical (unpaired) electrons. The first-order chi connectivity index (χ1) is 15.8. The molecule has 0 unspecified atom stereocenters. The second-order valence-electron chi connectivity index (χ2n) is 9.02. The minimum Gasteiger partial charge on any atom is -0.380 e. The van der Waals surface area contributed by atoms with Crippen molar-refractivity contribution in [1.82, 2.24) is 24.6 Å². The summed E-state index contributed by atoms with van der Waals surface area (Å²) in [5.41, 5.74) is 3.36. The Balaban J connectivity index is 1.35. The van der Waals surface area contributed by atoms with Crippen molar-refractivity contribution in [3.63, 3.8) is 0 Å². The van der Waals surface area contributed by atoms with Crippen molar-refractivity contribution in [2.45, 2.75) is 43.4 Å². The van der Waals surface area contributed by atoms with E-state index in [4.69, 9.17) is 44.9 Å². The average Bonchev–Trinajstić information content (AvgIpc) is 3.44. The standard InChI is InChI=1S/C22H24B3ClN6O/c1-13-20(11-28-32(13)22(23,24)25)30-21-27-10-15-8-18(26)17(9-19(15)29-21)14-2-5-31(6-3-14)16-4-7-33-12-16/h8-11,14,16H,2-7,12H2,1H3,(H,27,29,30)/t16-/m1/s1. The van der Waals surface area contributed by atoms with Crippen molar-refractivity contribution < 1.29 is 4.74 Å². The van der Waals surface area contributed by atoms with Crippen LogP contribution in [0.5, 0.6) is 0 Å². The second kappa shape index (κ2) is 8.97. The smallest absolute Gasteiger partial charge is 0.227 e. The molecule has 33 heavy (non-hydrogen) atoms. The fourth-order valence-electron chi connectivity index (χ4n) is 4.87. The third-order valence-corrected chi connectivity index (χ3v) is 7.04. The molecule has 0 aliphatic carbocycles. The number of hydrogen-bond acceptors (Lipinski definition) is 6. The summed E-state index contributed by atoms with van der Waals surface area (Å²) in [6.45, 7) is 5.69. The molecule has 0 spiro atoms. The lowest BCUT2D eigenvalue weighted by molar-refractivity contribution is 0.122. The Bertz CT molecular complexity index is 1150. The first-order valence-corrected chi connectivity index (χ1v) is 11.6. The van der Waals surface area contributed by atoms with E-state index in [1.807, 2.05) is 13.0 Å². The molecule has 2 fully saturated rings. The van der Waals surface area contributed by atoms with Gasteiger partial charge in [0.15, 0.2) is 0 Å². The summed E-state index contributed by atoms with van der Waals surface area (Å²) in [7, 11) is 17.3. The normalized spacial score (nSPS) is 20.5. The van der Waals surface area contributed by atoms with Crippen LogP contribution in [0.25, 0.3) is 10.9 Å². The van der Waals surface area contributed by atoms with E-state index in [2.05, 4.69) is 26.4 Å². The lowest BCUT2D eigenvalue weighted by Gasteiger charge is -2.35. The minimum atomic E-state index is -1.58. The van der Waals surface area contributed by atoms with E-state index in [-0.39, 0.29) is 0 Å². The van der Waals surface area contributed by atoms with Crippen LogP contribution in [0.1, 0.15) is 36.4 Å². The third kappa shape index (κ3) is 4.66. The number of rotatable bonds is 5. The Morgan fingerprint density at radius 3 is 2.61 bits per heavy atom. The Labute approximate surface area is 202 Å². The third-order valence-electron chi connectivity index (χ3n) is 6.71. The van der Waals surface area contributed by atoms with Gasteiger partial charge in [-0.25, -0.2) is 9.97 Å². The summed E-state index contributed by atoms with van der Waals surface area (Å²) < 4.78 is 6.91. The Morgan fingerprint density at radius 1 is 1.15 bits per heavy atom. The monoisotopic (exact) mass is 456 g/mol. The topological polar surface area (TPSA) is 68.1 Å². The van der Waals surface area contributed by atoms with Gasteiger partial charge in [0.1, 0.15) is 0 Å². The van der Waals surface area contributed by atoms with E-state index in [1.54, 1.807) is 12.4 Å². The summed E-state index contributed by atoms with van der Waals surface area (Å²) in [5.74, 6) is 0.866. The SMILES string of the molecule is [B]C([B])([B])n1ncc(Nc2ncc3cc(Cl)c(C4CCN([C@@H]5CCOC5)CC4)cc3n2)c1C. The van der Waals surface area contributed by atoms with E-state index in [9.17, 15) is 0 Å². The number of ether oxygens (including phenoxy) is 1. The number of nitrogens with zero attached hydrogens (tertiary/aromatic N) is 5. The van der Waals surface area contributed by atoms with Crippen LogP contribution >= 0.6 is 11.6 Å². The van der Waals surface area contributed by atoms with E-state index >= 15 is 0 Å². The zero-order valence-corrected chi connectivity index (χ0v) is 19.4.